The number of carbonyl (C=O) groups excluding carboxylic acids is 1. The summed E-state index contributed by atoms with van der Waals surface area (Å²) in [5.41, 5.74) is 2.06. The molecule has 1 heterocycles. The highest BCUT2D eigenvalue weighted by molar-refractivity contribution is 6.30. The molecule has 2 amide bonds. The van der Waals surface area contributed by atoms with Crippen molar-refractivity contribution in [2.24, 2.45) is 0 Å². The summed E-state index contributed by atoms with van der Waals surface area (Å²) in [7, 11) is 0. The van der Waals surface area contributed by atoms with Gasteiger partial charge in [-0.15, -0.1) is 0 Å². The molecule has 2 aromatic rings. The van der Waals surface area contributed by atoms with E-state index in [1.54, 1.807) is 4.90 Å². The fourth-order valence-electron chi connectivity index (χ4n) is 3.22. The van der Waals surface area contributed by atoms with E-state index in [0.717, 1.165) is 49.9 Å². The molecule has 26 heavy (non-hydrogen) atoms. The summed E-state index contributed by atoms with van der Waals surface area (Å²) >= 11 is 5.96. The number of quaternary nitrogens is 1. The molecule has 0 bridgehead atoms. The van der Waals surface area contributed by atoms with E-state index in [9.17, 15) is 4.79 Å². The van der Waals surface area contributed by atoms with E-state index in [0.29, 0.717) is 6.54 Å². The zero-order chi connectivity index (χ0) is 18.2. The summed E-state index contributed by atoms with van der Waals surface area (Å²) in [6, 6.07) is 17.4. The Labute approximate surface area is 159 Å². The van der Waals surface area contributed by atoms with Crippen LogP contribution in [0.3, 0.4) is 0 Å². The van der Waals surface area contributed by atoms with Crippen LogP contribution in [0.4, 0.5) is 16.2 Å². The summed E-state index contributed by atoms with van der Waals surface area (Å²) < 4.78 is 0. The molecule has 0 aliphatic carbocycles. The molecule has 1 fully saturated rings. The molecule has 0 aromatic heterocycles. The van der Waals surface area contributed by atoms with Crippen molar-refractivity contribution in [2.45, 2.75) is 6.42 Å². The molecule has 2 aromatic carbocycles. The minimum Gasteiger partial charge on any atom is -0.360 e. The van der Waals surface area contributed by atoms with Crippen LogP contribution in [-0.2, 0) is 0 Å². The van der Waals surface area contributed by atoms with Gasteiger partial charge in [-0.05, 0) is 36.4 Å². The highest BCUT2D eigenvalue weighted by Crippen LogP contribution is 2.17. The summed E-state index contributed by atoms with van der Waals surface area (Å²) in [6.07, 6.45) is 0.985. The van der Waals surface area contributed by atoms with Gasteiger partial charge in [0.15, 0.2) is 0 Å². The SMILES string of the molecule is O=C(NCCC[NH+]1CCN(c2ccc(Cl)cc2)CC1)Nc1ccccc1. The van der Waals surface area contributed by atoms with Crippen molar-refractivity contribution in [3.05, 3.63) is 59.6 Å². The van der Waals surface area contributed by atoms with E-state index in [1.165, 1.54) is 5.69 Å². The Morgan fingerprint density at radius 1 is 1.04 bits per heavy atom. The van der Waals surface area contributed by atoms with Crippen molar-refractivity contribution in [1.29, 1.82) is 0 Å². The largest absolute Gasteiger partial charge is 0.360 e. The van der Waals surface area contributed by atoms with Gasteiger partial charge in [0.1, 0.15) is 0 Å². The number of carbonyl (C=O) groups is 1. The van der Waals surface area contributed by atoms with Crippen LogP contribution in [0, 0.1) is 0 Å². The molecule has 138 valence electrons. The van der Waals surface area contributed by atoms with Gasteiger partial charge >= 0.3 is 6.03 Å². The molecule has 0 spiro atoms. The van der Waals surface area contributed by atoms with E-state index < -0.39 is 0 Å². The summed E-state index contributed by atoms with van der Waals surface area (Å²) in [4.78, 5) is 15.8. The van der Waals surface area contributed by atoms with Crippen LogP contribution in [0.1, 0.15) is 6.42 Å². The highest BCUT2D eigenvalue weighted by atomic mass is 35.5. The van der Waals surface area contributed by atoms with Crippen molar-refractivity contribution in [3.63, 3.8) is 0 Å². The average molecular weight is 374 g/mol. The molecule has 0 unspecified atom stereocenters. The van der Waals surface area contributed by atoms with Crippen LogP contribution in [0.2, 0.25) is 5.02 Å². The summed E-state index contributed by atoms with van der Waals surface area (Å²) in [5.74, 6) is 0. The summed E-state index contributed by atoms with van der Waals surface area (Å²) in [5, 5.41) is 6.54. The van der Waals surface area contributed by atoms with Gasteiger partial charge in [0.25, 0.3) is 0 Å². The maximum atomic E-state index is 11.8. The Hall–Kier alpha value is -2.24. The molecule has 6 heteroatoms. The molecular weight excluding hydrogens is 348 g/mol. The smallest absolute Gasteiger partial charge is 0.319 e. The second kappa shape index (κ2) is 9.46. The zero-order valence-corrected chi connectivity index (χ0v) is 15.6. The second-order valence-electron chi connectivity index (χ2n) is 6.56. The van der Waals surface area contributed by atoms with Crippen molar-refractivity contribution in [2.75, 3.05) is 49.5 Å². The van der Waals surface area contributed by atoms with E-state index in [1.807, 2.05) is 42.5 Å². The lowest BCUT2D eigenvalue weighted by Crippen LogP contribution is -3.15. The maximum Gasteiger partial charge on any atom is 0.319 e. The molecule has 3 rings (SSSR count). The Morgan fingerprint density at radius 3 is 2.42 bits per heavy atom. The quantitative estimate of drug-likeness (QED) is 0.680. The number of halogens is 1. The average Bonchev–Trinajstić information content (AvgIpc) is 2.67. The first-order valence-corrected chi connectivity index (χ1v) is 9.52. The van der Waals surface area contributed by atoms with E-state index in [2.05, 4.69) is 27.7 Å². The Bertz CT molecular complexity index is 685. The minimum absolute atomic E-state index is 0.140. The van der Waals surface area contributed by atoms with Gasteiger partial charge < -0.3 is 20.4 Å². The van der Waals surface area contributed by atoms with Gasteiger partial charge in [-0.2, -0.15) is 0 Å². The van der Waals surface area contributed by atoms with Crippen molar-refractivity contribution in [3.8, 4) is 0 Å². The number of nitrogens with one attached hydrogen (secondary N) is 3. The highest BCUT2D eigenvalue weighted by Gasteiger charge is 2.19. The lowest BCUT2D eigenvalue weighted by atomic mass is 10.2. The number of benzene rings is 2. The lowest BCUT2D eigenvalue weighted by molar-refractivity contribution is -0.900. The minimum atomic E-state index is -0.140. The number of amides is 2. The topological polar surface area (TPSA) is 48.8 Å². The number of anilines is 2. The number of rotatable bonds is 6. The molecule has 5 nitrogen and oxygen atoms in total. The van der Waals surface area contributed by atoms with Crippen molar-refractivity contribution >= 4 is 29.0 Å². The van der Waals surface area contributed by atoms with E-state index in [-0.39, 0.29) is 6.03 Å². The third kappa shape index (κ3) is 5.64. The molecule has 0 atom stereocenters. The Morgan fingerprint density at radius 2 is 1.73 bits per heavy atom. The predicted octanol–water partition coefficient (Wildman–Crippen LogP) is 2.26. The van der Waals surface area contributed by atoms with Gasteiger partial charge in [-0.25, -0.2) is 4.79 Å². The zero-order valence-electron chi connectivity index (χ0n) is 14.9. The predicted molar refractivity (Wildman–Crippen MR) is 107 cm³/mol. The van der Waals surface area contributed by atoms with Crippen LogP contribution in [-0.4, -0.2) is 45.3 Å². The lowest BCUT2D eigenvalue weighted by Gasteiger charge is -2.33. The number of nitrogens with zero attached hydrogens (tertiary/aromatic N) is 1. The van der Waals surface area contributed by atoms with Crippen LogP contribution >= 0.6 is 11.6 Å². The Balaban J connectivity index is 1.30. The molecule has 1 aliphatic heterocycles. The number of urea groups is 1. The number of para-hydroxylation sites is 1. The first-order valence-electron chi connectivity index (χ1n) is 9.15. The molecular formula is C20H26ClN4O+. The number of hydrogen-bond acceptors (Lipinski definition) is 2. The van der Waals surface area contributed by atoms with Gasteiger partial charge in [0.2, 0.25) is 0 Å². The van der Waals surface area contributed by atoms with Crippen molar-refractivity contribution < 1.29 is 9.69 Å². The summed E-state index contributed by atoms with van der Waals surface area (Å²) in [6.45, 7) is 6.14. The van der Waals surface area contributed by atoms with Gasteiger partial charge in [0.05, 0.1) is 32.7 Å². The van der Waals surface area contributed by atoms with Gasteiger partial charge in [-0.1, -0.05) is 29.8 Å². The molecule has 1 aliphatic rings. The monoisotopic (exact) mass is 373 g/mol. The number of piperazine rings is 1. The number of hydrogen-bond donors (Lipinski definition) is 3. The third-order valence-electron chi connectivity index (χ3n) is 4.69. The van der Waals surface area contributed by atoms with Gasteiger partial charge in [-0.3, -0.25) is 0 Å². The van der Waals surface area contributed by atoms with E-state index >= 15 is 0 Å². The second-order valence-corrected chi connectivity index (χ2v) is 7.00. The first kappa shape index (κ1) is 18.5. The maximum absolute atomic E-state index is 11.8. The fraction of sp³-hybridized carbons (Fsp3) is 0.350. The fourth-order valence-corrected chi connectivity index (χ4v) is 3.35. The van der Waals surface area contributed by atoms with Crippen LogP contribution in [0.5, 0.6) is 0 Å². The van der Waals surface area contributed by atoms with Crippen LogP contribution in [0.25, 0.3) is 0 Å². The molecule has 3 N–H and O–H groups in total. The standard InChI is InChI=1S/C20H25ClN4O/c21-17-7-9-19(10-8-17)25-15-13-24(14-16-25)12-4-11-22-20(26)23-18-5-2-1-3-6-18/h1-3,5-10H,4,11-16H2,(H2,22,23,26)/p+1. The van der Waals surface area contributed by atoms with Gasteiger partial charge in [0, 0.05) is 29.4 Å². The normalized spacial score (nSPS) is 14.9. The molecule has 0 radical (unpaired) electrons. The first-order chi connectivity index (χ1) is 12.7. The third-order valence-corrected chi connectivity index (χ3v) is 4.94. The van der Waals surface area contributed by atoms with Crippen LogP contribution < -0.4 is 20.4 Å². The molecule has 0 saturated carbocycles. The van der Waals surface area contributed by atoms with Crippen LogP contribution in [0.15, 0.2) is 54.6 Å². The Kier molecular flexibility index (Phi) is 6.75. The molecule has 1 saturated heterocycles. The van der Waals surface area contributed by atoms with Crippen molar-refractivity contribution in [1.82, 2.24) is 5.32 Å². The van der Waals surface area contributed by atoms with E-state index in [4.69, 9.17) is 11.6 Å².